The summed E-state index contributed by atoms with van der Waals surface area (Å²) in [6.07, 6.45) is 4.36. The second-order valence-electron chi connectivity index (χ2n) is 6.40. The zero-order valence-electron chi connectivity index (χ0n) is 14.6. The van der Waals surface area contributed by atoms with Gasteiger partial charge in [-0.2, -0.15) is 5.10 Å². The van der Waals surface area contributed by atoms with Crippen LogP contribution >= 0.6 is 0 Å². The van der Waals surface area contributed by atoms with Crippen molar-refractivity contribution in [2.24, 2.45) is 0 Å². The topological polar surface area (TPSA) is 60.2 Å². The van der Waals surface area contributed by atoms with Gasteiger partial charge in [-0.1, -0.05) is 12.1 Å². The highest BCUT2D eigenvalue weighted by molar-refractivity contribution is 5.95. The van der Waals surface area contributed by atoms with E-state index in [1.165, 1.54) is 0 Å². The summed E-state index contributed by atoms with van der Waals surface area (Å²) < 4.78 is 7.68. The quantitative estimate of drug-likeness (QED) is 0.727. The second kappa shape index (κ2) is 7.00. The number of likely N-dealkylation sites (tertiary alicyclic amines) is 1. The Bertz CT molecular complexity index is 908. The van der Waals surface area contributed by atoms with Gasteiger partial charge in [-0.3, -0.25) is 4.79 Å². The number of hydrogen-bond donors (Lipinski definition) is 0. The minimum Gasteiger partial charge on any atom is -0.472 e. The van der Waals surface area contributed by atoms with Crippen molar-refractivity contribution in [2.45, 2.75) is 19.4 Å². The van der Waals surface area contributed by atoms with Crippen LogP contribution in [0.5, 0.6) is 5.88 Å². The molecule has 3 heterocycles. The molecule has 0 saturated carbocycles. The van der Waals surface area contributed by atoms with Crippen LogP contribution < -0.4 is 4.74 Å². The van der Waals surface area contributed by atoms with Crippen molar-refractivity contribution in [2.75, 3.05) is 13.1 Å². The van der Waals surface area contributed by atoms with Crippen molar-refractivity contribution in [3.63, 3.8) is 0 Å². The third kappa shape index (κ3) is 3.44. The minimum atomic E-state index is -0.0254. The molecule has 0 spiro atoms. The average Bonchev–Trinajstić information content (AvgIpc) is 3.33. The van der Waals surface area contributed by atoms with Crippen molar-refractivity contribution in [1.29, 1.82) is 0 Å². The number of amides is 1. The number of aryl methyl sites for hydroxylation is 1. The molecule has 0 unspecified atom stereocenters. The Balaban J connectivity index is 1.44. The van der Waals surface area contributed by atoms with E-state index in [4.69, 9.17) is 4.74 Å². The second-order valence-corrected chi connectivity index (χ2v) is 6.40. The Hall–Kier alpha value is -3.15. The molecule has 1 atom stereocenters. The van der Waals surface area contributed by atoms with Gasteiger partial charge >= 0.3 is 0 Å². The molecule has 1 saturated heterocycles. The Morgan fingerprint density at radius 3 is 2.88 bits per heavy atom. The van der Waals surface area contributed by atoms with Gasteiger partial charge in [-0.05, 0) is 37.3 Å². The van der Waals surface area contributed by atoms with Crippen molar-refractivity contribution in [3.05, 3.63) is 72.2 Å². The van der Waals surface area contributed by atoms with Crippen LogP contribution in [-0.4, -0.2) is 44.8 Å². The van der Waals surface area contributed by atoms with Crippen LogP contribution in [0.4, 0.5) is 0 Å². The highest BCUT2D eigenvalue weighted by atomic mass is 16.5. The first kappa shape index (κ1) is 16.3. The van der Waals surface area contributed by atoms with E-state index in [2.05, 4.69) is 10.1 Å². The van der Waals surface area contributed by atoms with Crippen LogP contribution in [0.15, 0.2) is 60.9 Å². The van der Waals surface area contributed by atoms with Crippen LogP contribution in [0.3, 0.4) is 0 Å². The molecular formula is C20H20N4O2. The minimum absolute atomic E-state index is 0.0160. The van der Waals surface area contributed by atoms with Gasteiger partial charge in [0.2, 0.25) is 5.88 Å². The number of carbonyl (C=O) groups is 1. The number of benzene rings is 1. The summed E-state index contributed by atoms with van der Waals surface area (Å²) >= 11 is 0. The lowest BCUT2D eigenvalue weighted by Crippen LogP contribution is -2.31. The summed E-state index contributed by atoms with van der Waals surface area (Å²) in [4.78, 5) is 19.1. The molecule has 3 aromatic rings. The smallest absolute Gasteiger partial charge is 0.254 e. The van der Waals surface area contributed by atoms with E-state index < -0.39 is 0 Å². The Labute approximate surface area is 152 Å². The van der Waals surface area contributed by atoms with Gasteiger partial charge in [0, 0.05) is 42.7 Å². The number of hydrogen-bond acceptors (Lipinski definition) is 4. The highest BCUT2D eigenvalue weighted by Gasteiger charge is 2.28. The first-order chi connectivity index (χ1) is 12.7. The highest BCUT2D eigenvalue weighted by Crippen LogP contribution is 2.20. The van der Waals surface area contributed by atoms with Crippen LogP contribution in [0.1, 0.15) is 22.5 Å². The molecule has 0 aliphatic carbocycles. The van der Waals surface area contributed by atoms with E-state index in [0.29, 0.717) is 24.5 Å². The Morgan fingerprint density at radius 2 is 2.08 bits per heavy atom. The van der Waals surface area contributed by atoms with E-state index in [0.717, 1.165) is 17.8 Å². The van der Waals surface area contributed by atoms with Crippen molar-refractivity contribution >= 4 is 5.91 Å². The number of rotatable bonds is 4. The molecule has 1 amide bonds. The summed E-state index contributed by atoms with van der Waals surface area (Å²) in [6.45, 7) is 3.19. The maximum absolute atomic E-state index is 12.8. The van der Waals surface area contributed by atoms with Crippen LogP contribution in [0.2, 0.25) is 0 Å². The van der Waals surface area contributed by atoms with Crippen molar-refractivity contribution in [1.82, 2.24) is 19.7 Å². The number of aromatic nitrogens is 3. The molecule has 26 heavy (non-hydrogen) atoms. The molecule has 0 N–H and O–H groups in total. The number of carbonyl (C=O) groups excluding carboxylic acids is 1. The van der Waals surface area contributed by atoms with Gasteiger partial charge < -0.3 is 9.64 Å². The van der Waals surface area contributed by atoms with Crippen LogP contribution in [0.25, 0.3) is 5.69 Å². The number of nitrogens with zero attached hydrogens (tertiary/aromatic N) is 4. The predicted octanol–water partition coefficient (Wildman–Crippen LogP) is 2.87. The maximum atomic E-state index is 12.8. The average molecular weight is 348 g/mol. The van der Waals surface area contributed by atoms with E-state index in [1.54, 1.807) is 10.9 Å². The zero-order chi connectivity index (χ0) is 17.9. The third-order valence-electron chi connectivity index (χ3n) is 4.44. The maximum Gasteiger partial charge on any atom is 0.254 e. The number of ether oxygens (including phenoxy) is 1. The van der Waals surface area contributed by atoms with Gasteiger partial charge in [0.25, 0.3) is 5.91 Å². The van der Waals surface area contributed by atoms with Crippen LogP contribution in [-0.2, 0) is 0 Å². The monoisotopic (exact) mass is 348 g/mol. The fourth-order valence-corrected chi connectivity index (χ4v) is 3.15. The normalized spacial score (nSPS) is 16.7. The van der Waals surface area contributed by atoms with E-state index in [-0.39, 0.29) is 12.0 Å². The first-order valence-corrected chi connectivity index (χ1v) is 8.69. The SMILES string of the molecule is Cc1cccc(O[C@@H]2CCN(C(=O)c3cccc(-n4cccn4)c3)C2)n1. The molecule has 0 radical (unpaired) electrons. The predicted molar refractivity (Wildman–Crippen MR) is 97.5 cm³/mol. The molecule has 1 aromatic carbocycles. The lowest BCUT2D eigenvalue weighted by Gasteiger charge is -2.17. The van der Waals surface area contributed by atoms with Gasteiger partial charge in [0.15, 0.2) is 0 Å². The molecule has 6 heteroatoms. The summed E-state index contributed by atoms with van der Waals surface area (Å²) in [5, 5.41) is 4.22. The fraction of sp³-hybridized carbons (Fsp3) is 0.250. The van der Waals surface area contributed by atoms with E-state index >= 15 is 0 Å². The third-order valence-corrected chi connectivity index (χ3v) is 4.44. The fourth-order valence-electron chi connectivity index (χ4n) is 3.15. The molecule has 1 fully saturated rings. The van der Waals surface area contributed by atoms with Gasteiger partial charge in [0.05, 0.1) is 12.2 Å². The van der Waals surface area contributed by atoms with Gasteiger partial charge in [0.1, 0.15) is 6.10 Å². The first-order valence-electron chi connectivity index (χ1n) is 8.69. The summed E-state index contributed by atoms with van der Waals surface area (Å²) in [5.74, 6) is 0.632. The standard InChI is InChI=1S/C20H20N4O2/c1-15-5-2-8-19(22-15)26-18-9-12-23(14-18)20(25)16-6-3-7-17(13-16)24-11-4-10-21-24/h2-8,10-11,13,18H,9,12,14H2,1H3/t18-/m1/s1. The molecule has 1 aliphatic rings. The summed E-state index contributed by atoms with van der Waals surface area (Å²) in [7, 11) is 0. The van der Waals surface area contributed by atoms with Gasteiger partial charge in [-0.15, -0.1) is 0 Å². The molecule has 1 aliphatic heterocycles. The number of pyridine rings is 1. The molecule has 0 bridgehead atoms. The molecule has 6 nitrogen and oxygen atoms in total. The van der Waals surface area contributed by atoms with Gasteiger partial charge in [-0.25, -0.2) is 9.67 Å². The van der Waals surface area contributed by atoms with E-state index in [1.807, 2.05) is 66.6 Å². The molecule has 4 rings (SSSR count). The van der Waals surface area contributed by atoms with Crippen molar-refractivity contribution in [3.8, 4) is 11.6 Å². The van der Waals surface area contributed by atoms with Crippen molar-refractivity contribution < 1.29 is 9.53 Å². The van der Waals surface area contributed by atoms with E-state index in [9.17, 15) is 4.79 Å². The lowest BCUT2D eigenvalue weighted by molar-refractivity contribution is 0.0771. The Morgan fingerprint density at radius 1 is 1.19 bits per heavy atom. The lowest BCUT2D eigenvalue weighted by atomic mass is 10.2. The Kier molecular flexibility index (Phi) is 4.39. The molecule has 2 aromatic heterocycles. The molecular weight excluding hydrogens is 328 g/mol. The largest absolute Gasteiger partial charge is 0.472 e. The molecule has 132 valence electrons. The summed E-state index contributed by atoms with van der Waals surface area (Å²) in [6, 6.07) is 15.1. The zero-order valence-corrected chi connectivity index (χ0v) is 14.6. The van der Waals surface area contributed by atoms with Crippen LogP contribution in [0, 0.1) is 6.92 Å². The summed E-state index contributed by atoms with van der Waals surface area (Å²) in [5.41, 5.74) is 2.45.